The third-order valence-electron chi connectivity index (χ3n) is 4.70. The molecule has 34 heavy (non-hydrogen) atoms. The number of anilines is 2. The highest BCUT2D eigenvalue weighted by atomic mass is 16.6. The van der Waals surface area contributed by atoms with Gasteiger partial charge in [-0.25, -0.2) is 14.6 Å². The van der Waals surface area contributed by atoms with Gasteiger partial charge in [0, 0.05) is 22.7 Å². The molecule has 4 rings (SSSR count). The first-order valence-corrected chi connectivity index (χ1v) is 10.5. The van der Waals surface area contributed by atoms with Crippen LogP contribution in [0.4, 0.5) is 16.5 Å². The summed E-state index contributed by atoms with van der Waals surface area (Å²) in [7, 11) is 1.33. The highest BCUT2D eigenvalue weighted by Crippen LogP contribution is 2.27. The van der Waals surface area contributed by atoms with E-state index in [0.29, 0.717) is 17.3 Å². The van der Waals surface area contributed by atoms with Crippen LogP contribution < -0.4 is 5.32 Å². The van der Waals surface area contributed by atoms with Gasteiger partial charge in [-0.05, 0) is 50.6 Å². The van der Waals surface area contributed by atoms with E-state index in [1.807, 2.05) is 30.3 Å². The normalized spacial score (nSPS) is 11.6. The standard InChI is InChI=1S/C25H24N4O5/c1-25(2,3)34-24(31)29-20-11-10-19(13-18(20)14-27-29)28-23-26-15-21(33-23)17-8-5-16(6-9-17)7-12-22(30)32-4/h5-15H,1-4H3,(H,26,28). The molecule has 2 aromatic heterocycles. The molecule has 0 spiro atoms. The van der Waals surface area contributed by atoms with Crippen molar-refractivity contribution in [2.45, 2.75) is 26.4 Å². The van der Waals surface area contributed by atoms with Gasteiger partial charge in [0.15, 0.2) is 5.76 Å². The number of carbonyl (C=O) groups excluding carboxylic acids is 2. The molecule has 9 nitrogen and oxygen atoms in total. The lowest BCUT2D eigenvalue weighted by Gasteiger charge is -2.19. The summed E-state index contributed by atoms with van der Waals surface area (Å²) >= 11 is 0. The van der Waals surface area contributed by atoms with Crippen LogP contribution in [0, 0.1) is 0 Å². The molecular weight excluding hydrogens is 436 g/mol. The highest BCUT2D eigenvalue weighted by molar-refractivity contribution is 5.90. The van der Waals surface area contributed by atoms with Crippen molar-refractivity contribution in [3.05, 3.63) is 66.5 Å². The number of rotatable bonds is 5. The average molecular weight is 460 g/mol. The summed E-state index contributed by atoms with van der Waals surface area (Å²) in [6.45, 7) is 5.42. The highest BCUT2D eigenvalue weighted by Gasteiger charge is 2.20. The summed E-state index contributed by atoms with van der Waals surface area (Å²) in [4.78, 5) is 27.9. The van der Waals surface area contributed by atoms with Crippen molar-refractivity contribution in [3.8, 4) is 11.3 Å². The van der Waals surface area contributed by atoms with Crippen molar-refractivity contribution < 1.29 is 23.5 Å². The number of hydrogen-bond acceptors (Lipinski definition) is 8. The van der Waals surface area contributed by atoms with Crippen LogP contribution in [0.2, 0.25) is 0 Å². The molecule has 0 atom stereocenters. The summed E-state index contributed by atoms with van der Waals surface area (Å²) < 4.78 is 17.0. The molecule has 1 N–H and O–H groups in total. The lowest BCUT2D eigenvalue weighted by atomic mass is 10.1. The zero-order valence-corrected chi connectivity index (χ0v) is 19.2. The van der Waals surface area contributed by atoms with Crippen molar-refractivity contribution in [2.75, 3.05) is 12.4 Å². The molecule has 2 heterocycles. The fraction of sp³-hybridized carbons (Fsp3) is 0.200. The largest absolute Gasteiger partial charge is 0.466 e. The zero-order valence-electron chi connectivity index (χ0n) is 19.2. The van der Waals surface area contributed by atoms with E-state index < -0.39 is 17.7 Å². The maximum Gasteiger partial charge on any atom is 0.435 e. The number of oxazole rings is 1. The van der Waals surface area contributed by atoms with Gasteiger partial charge in [0.2, 0.25) is 0 Å². The summed E-state index contributed by atoms with van der Waals surface area (Å²) in [6.07, 6.45) is 5.72. The molecule has 0 aliphatic heterocycles. The third-order valence-corrected chi connectivity index (χ3v) is 4.70. The zero-order chi connectivity index (χ0) is 24.3. The summed E-state index contributed by atoms with van der Waals surface area (Å²) in [6, 6.07) is 13.2. The van der Waals surface area contributed by atoms with E-state index in [0.717, 1.165) is 22.2 Å². The monoisotopic (exact) mass is 460 g/mol. The Bertz CT molecular complexity index is 1360. The molecule has 0 saturated carbocycles. The maximum atomic E-state index is 12.4. The Morgan fingerprint density at radius 2 is 1.85 bits per heavy atom. The Morgan fingerprint density at radius 3 is 2.56 bits per heavy atom. The molecule has 0 unspecified atom stereocenters. The summed E-state index contributed by atoms with van der Waals surface area (Å²) in [5, 5.41) is 8.03. The topological polar surface area (TPSA) is 108 Å². The minimum Gasteiger partial charge on any atom is -0.466 e. The number of nitrogens with zero attached hydrogens (tertiary/aromatic N) is 3. The Kier molecular flexibility index (Phi) is 6.18. The van der Waals surface area contributed by atoms with E-state index >= 15 is 0 Å². The van der Waals surface area contributed by atoms with Gasteiger partial charge in [-0.1, -0.05) is 24.3 Å². The van der Waals surface area contributed by atoms with Crippen molar-refractivity contribution in [2.24, 2.45) is 0 Å². The van der Waals surface area contributed by atoms with Gasteiger partial charge < -0.3 is 19.2 Å². The number of methoxy groups -OCH3 is 1. The Balaban J connectivity index is 1.46. The second-order valence-electron chi connectivity index (χ2n) is 8.44. The van der Waals surface area contributed by atoms with E-state index in [1.165, 1.54) is 17.9 Å². The number of carbonyl (C=O) groups is 2. The van der Waals surface area contributed by atoms with Crippen molar-refractivity contribution in [3.63, 3.8) is 0 Å². The van der Waals surface area contributed by atoms with E-state index in [1.54, 1.807) is 51.4 Å². The van der Waals surface area contributed by atoms with Gasteiger partial charge in [0.1, 0.15) is 5.60 Å². The molecule has 0 bridgehead atoms. The fourth-order valence-corrected chi connectivity index (χ4v) is 3.14. The molecule has 0 amide bonds. The number of esters is 1. The first-order chi connectivity index (χ1) is 16.2. The predicted octanol–water partition coefficient (Wildman–Crippen LogP) is 5.40. The van der Waals surface area contributed by atoms with Crippen LogP contribution in [0.25, 0.3) is 28.3 Å². The van der Waals surface area contributed by atoms with Crippen LogP contribution >= 0.6 is 0 Å². The second-order valence-corrected chi connectivity index (χ2v) is 8.44. The van der Waals surface area contributed by atoms with Gasteiger partial charge in [0.05, 0.1) is 25.0 Å². The van der Waals surface area contributed by atoms with E-state index in [4.69, 9.17) is 9.15 Å². The van der Waals surface area contributed by atoms with Crippen LogP contribution in [-0.4, -0.2) is 39.5 Å². The Hall–Kier alpha value is -4.40. The van der Waals surface area contributed by atoms with Crippen LogP contribution in [-0.2, 0) is 14.3 Å². The second kappa shape index (κ2) is 9.22. The molecule has 0 aliphatic carbocycles. The molecule has 0 fully saturated rings. The van der Waals surface area contributed by atoms with Crippen molar-refractivity contribution >= 4 is 40.7 Å². The molecule has 0 saturated heterocycles. The molecule has 0 radical (unpaired) electrons. The quantitative estimate of drug-likeness (QED) is 0.311. The fourth-order valence-electron chi connectivity index (χ4n) is 3.14. The first kappa shape index (κ1) is 22.8. The van der Waals surface area contributed by atoms with Crippen LogP contribution in [0.5, 0.6) is 0 Å². The lowest BCUT2D eigenvalue weighted by molar-refractivity contribution is -0.134. The first-order valence-electron chi connectivity index (χ1n) is 10.5. The molecular formula is C25H24N4O5. The Morgan fingerprint density at radius 1 is 1.09 bits per heavy atom. The lowest BCUT2D eigenvalue weighted by Crippen LogP contribution is -2.27. The van der Waals surface area contributed by atoms with Crippen LogP contribution in [0.1, 0.15) is 26.3 Å². The number of aromatic nitrogens is 3. The van der Waals surface area contributed by atoms with Gasteiger partial charge in [-0.3, -0.25) is 0 Å². The summed E-state index contributed by atoms with van der Waals surface area (Å²) in [5.41, 5.74) is 2.44. The molecule has 2 aromatic carbocycles. The molecule has 174 valence electrons. The minimum absolute atomic E-state index is 0.323. The number of benzene rings is 2. The van der Waals surface area contributed by atoms with Crippen LogP contribution in [0.15, 0.2) is 65.4 Å². The van der Waals surface area contributed by atoms with E-state index in [2.05, 4.69) is 20.1 Å². The van der Waals surface area contributed by atoms with Gasteiger partial charge >= 0.3 is 12.1 Å². The van der Waals surface area contributed by atoms with Gasteiger partial charge in [-0.2, -0.15) is 9.78 Å². The number of fused-ring (bicyclic) bond motifs is 1. The predicted molar refractivity (Wildman–Crippen MR) is 128 cm³/mol. The third kappa shape index (κ3) is 5.32. The van der Waals surface area contributed by atoms with Crippen LogP contribution in [0.3, 0.4) is 0 Å². The van der Waals surface area contributed by atoms with Gasteiger partial charge in [0.25, 0.3) is 6.01 Å². The number of nitrogens with one attached hydrogen (secondary N) is 1. The molecule has 9 heteroatoms. The maximum absolute atomic E-state index is 12.4. The number of hydrogen-bond donors (Lipinski definition) is 1. The van der Waals surface area contributed by atoms with E-state index in [-0.39, 0.29) is 0 Å². The average Bonchev–Trinajstić information content (AvgIpc) is 3.43. The van der Waals surface area contributed by atoms with Crippen molar-refractivity contribution in [1.29, 1.82) is 0 Å². The minimum atomic E-state index is -0.612. The smallest absolute Gasteiger partial charge is 0.435 e. The van der Waals surface area contributed by atoms with E-state index in [9.17, 15) is 9.59 Å². The SMILES string of the molecule is COC(=O)C=Cc1ccc(-c2cnc(Nc3ccc4c(cnn4C(=O)OC(C)(C)C)c3)o2)cc1. The Labute approximate surface area is 196 Å². The number of ether oxygens (including phenoxy) is 2. The molecule has 0 aliphatic rings. The summed E-state index contributed by atoms with van der Waals surface area (Å²) in [5.74, 6) is 0.176. The van der Waals surface area contributed by atoms with Gasteiger partial charge in [-0.15, -0.1) is 0 Å². The molecule has 4 aromatic rings. The van der Waals surface area contributed by atoms with Crippen molar-refractivity contribution in [1.82, 2.24) is 14.8 Å².